The number of ether oxygens (including phenoxy) is 1. The van der Waals surface area contributed by atoms with E-state index >= 15 is 0 Å². The lowest BCUT2D eigenvalue weighted by Crippen LogP contribution is -2.48. The molecule has 0 heterocycles. The van der Waals surface area contributed by atoms with Crippen LogP contribution in [0.25, 0.3) is 0 Å². The number of hydrogen-bond acceptors (Lipinski definition) is 4. The van der Waals surface area contributed by atoms with E-state index in [2.05, 4.69) is 5.32 Å². The van der Waals surface area contributed by atoms with Crippen LogP contribution in [0.5, 0.6) is 5.75 Å². The molecule has 6 nitrogen and oxygen atoms in total. The van der Waals surface area contributed by atoms with Crippen LogP contribution in [-0.4, -0.2) is 40.3 Å². The van der Waals surface area contributed by atoms with E-state index in [1.807, 2.05) is 0 Å². The molecule has 1 aliphatic carbocycles. The van der Waals surface area contributed by atoms with Gasteiger partial charge in [0.15, 0.2) is 0 Å². The average molecular weight is 403 g/mol. The maximum absolute atomic E-state index is 12.6. The van der Waals surface area contributed by atoms with E-state index in [4.69, 9.17) is 16.3 Å². The number of nitrogens with one attached hydrogen (secondary N) is 1. The standard InChI is InChI=1S/C18H27ClN2O4S/c1-13(18(22)20-12-14-7-5-4-6-8-14)21(26(3,23)24)15-9-10-17(25-2)16(19)11-15/h9-11,13-14H,4-8,12H2,1-3H3,(H,20,22)/t13-/m1/s1. The SMILES string of the molecule is COc1ccc(N([C@H](C)C(=O)NCC2CCCCC2)S(C)(=O)=O)cc1Cl. The molecule has 1 fully saturated rings. The van der Waals surface area contributed by atoms with E-state index in [0.717, 1.165) is 23.4 Å². The normalized spacial score (nSPS) is 16.8. The quantitative estimate of drug-likeness (QED) is 0.759. The Morgan fingerprint density at radius 3 is 2.54 bits per heavy atom. The summed E-state index contributed by atoms with van der Waals surface area (Å²) in [4.78, 5) is 12.6. The van der Waals surface area contributed by atoms with E-state index in [-0.39, 0.29) is 10.9 Å². The number of sulfonamides is 1. The Morgan fingerprint density at radius 2 is 2.00 bits per heavy atom. The summed E-state index contributed by atoms with van der Waals surface area (Å²) >= 11 is 6.12. The van der Waals surface area contributed by atoms with Crippen molar-refractivity contribution in [1.29, 1.82) is 0 Å². The molecule has 1 amide bonds. The van der Waals surface area contributed by atoms with Gasteiger partial charge in [-0.1, -0.05) is 30.9 Å². The third-order valence-electron chi connectivity index (χ3n) is 4.77. The molecule has 8 heteroatoms. The van der Waals surface area contributed by atoms with Gasteiger partial charge in [0.25, 0.3) is 0 Å². The predicted molar refractivity (Wildman–Crippen MR) is 104 cm³/mol. The smallest absolute Gasteiger partial charge is 0.243 e. The van der Waals surface area contributed by atoms with E-state index < -0.39 is 16.1 Å². The molecule has 0 unspecified atom stereocenters. The van der Waals surface area contributed by atoms with Crippen molar-refractivity contribution in [2.24, 2.45) is 5.92 Å². The molecule has 1 saturated carbocycles. The topological polar surface area (TPSA) is 75.7 Å². The maximum atomic E-state index is 12.6. The van der Waals surface area contributed by atoms with Gasteiger partial charge in [0.1, 0.15) is 11.8 Å². The Balaban J connectivity index is 2.15. The zero-order valence-electron chi connectivity index (χ0n) is 15.5. The van der Waals surface area contributed by atoms with Gasteiger partial charge in [-0.3, -0.25) is 9.10 Å². The molecule has 0 bridgehead atoms. The highest BCUT2D eigenvalue weighted by Gasteiger charge is 2.30. The first kappa shape index (κ1) is 20.8. The number of halogens is 1. The number of nitrogens with zero attached hydrogens (tertiary/aromatic N) is 1. The van der Waals surface area contributed by atoms with Gasteiger partial charge in [0.2, 0.25) is 15.9 Å². The third kappa shape index (κ3) is 5.27. The number of benzene rings is 1. The second-order valence-electron chi connectivity index (χ2n) is 6.80. The van der Waals surface area contributed by atoms with E-state index in [9.17, 15) is 13.2 Å². The van der Waals surface area contributed by atoms with Crippen LogP contribution in [0.2, 0.25) is 5.02 Å². The summed E-state index contributed by atoms with van der Waals surface area (Å²) in [5.74, 6) is 0.605. The van der Waals surface area contributed by atoms with Gasteiger partial charge in [-0.2, -0.15) is 0 Å². The summed E-state index contributed by atoms with van der Waals surface area (Å²) in [6, 6.07) is 3.78. The first-order valence-electron chi connectivity index (χ1n) is 8.84. The van der Waals surface area contributed by atoms with E-state index in [1.165, 1.54) is 32.4 Å². The van der Waals surface area contributed by atoms with E-state index in [1.54, 1.807) is 19.1 Å². The zero-order valence-corrected chi connectivity index (χ0v) is 17.1. The van der Waals surface area contributed by atoms with Gasteiger partial charge >= 0.3 is 0 Å². The van der Waals surface area contributed by atoms with Crippen molar-refractivity contribution >= 4 is 33.2 Å². The van der Waals surface area contributed by atoms with Crippen molar-refractivity contribution in [3.05, 3.63) is 23.2 Å². The monoisotopic (exact) mass is 402 g/mol. The Labute approximate surface area is 160 Å². The molecular weight excluding hydrogens is 376 g/mol. The van der Waals surface area contributed by atoms with Crippen molar-refractivity contribution in [3.8, 4) is 5.75 Å². The second-order valence-corrected chi connectivity index (χ2v) is 9.07. The van der Waals surface area contributed by atoms with Crippen LogP contribution in [0.1, 0.15) is 39.0 Å². The van der Waals surface area contributed by atoms with Gasteiger partial charge in [0.05, 0.1) is 24.1 Å². The predicted octanol–water partition coefficient (Wildman–Crippen LogP) is 3.20. The van der Waals surface area contributed by atoms with Gasteiger partial charge < -0.3 is 10.1 Å². The van der Waals surface area contributed by atoms with Crippen LogP contribution in [0.15, 0.2) is 18.2 Å². The summed E-state index contributed by atoms with van der Waals surface area (Å²) in [5, 5.41) is 3.19. The summed E-state index contributed by atoms with van der Waals surface area (Å²) in [5.41, 5.74) is 0.332. The van der Waals surface area contributed by atoms with Gasteiger partial charge in [-0.25, -0.2) is 8.42 Å². The highest BCUT2D eigenvalue weighted by Crippen LogP contribution is 2.31. The molecule has 0 radical (unpaired) electrons. The summed E-state index contributed by atoms with van der Waals surface area (Å²) in [6.07, 6.45) is 6.93. The van der Waals surface area contributed by atoms with Crippen molar-refractivity contribution in [1.82, 2.24) is 5.32 Å². The number of anilines is 1. The molecule has 146 valence electrons. The number of methoxy groups -OCH3 is 1. The summed E-state index contributed by atoms with van der Waals surface area (Å²) in [7, 11) is -2.19. The lowest BCUT2D eigenvalue weighted by molar-refractivity contribution is -0.122. The van der Waals surface area contributed by atoms with Crippen LogP contribution in [0.4, 0.5) is 5.69 Å². The summed E-state index contributed by atoms with van der Waals surface area (Å²) in [6.45, 7) is 2.17. The highest BCUT2D eigenvalue weighted by molar-refractivity contribution is 7.92. The number of rotatable bonds is 7. The van der Waals surface area contributed by atoms with Crippen molar-refractivity contribution in [2.75, 3.05) is 24.2 Å². The average Bonchev–Trinajstić information content (AvgIpc) is 2.59. The fourth-order valence-electron chi connectivity index (χ4n) is 3.39. The Kier molecular flexibility index (Phi) is 7.17. The number of hydrogen-bond donors (Lipinski definition) is 1. The van der Waals surface area contributed by atoms with Gasteiger partial charge in [-0.05, 0) is 43.9 Å². The molecule has 1 aromatic rings. The van der Waals surface area contributed by atoms with Crippen LogP contribution in [-0.2, 0) is 14.8 Å². The molecule has 2 rings (SSSR count). The number of amides is 1. The minimum atomic E-state index is -3.67. The number of carbonyl (C=O) groups is 1. The summed E-state index contributed by atoms with van der Waals surface area (Å²) < 4.78 is 30.8. The van der Waals surface area contributed by atoms with Crippen molar-refractivity contribution < 1.29 is 17.9 Å². The Hall–Kier alpha value is -1.47. The molecule has 0 aliphatic heterocycles. The molecule has 26 heavy (non-hydrogen) atoms. The van der Waals surface area contributed by atoms with Crippen LogP contribution in [0, 0.1) is 5.92 Å². The van der Waals surface area contributed by atoms with Crippen LogP contribution >= 0.6 is 11.6 Å². The van der Waals surface area contributed by atoms with Crippen LogP contribution < -0.4 is 14.4 Å². The van der Waals surface area contributed by atoms with Gasteiger partial charge in [-0.15, -0.1) is 0 Å². The Bertz CT molecular complexity index is 733. The van der Waals surface area contributed by atoms with Crippen molar-refractivity contribution in [3.63, 3.8) is 0 Å². The first-order valence-corrected chi connectivity index (χ1v) is 11.1. The zero-order chi connectivity index (χ0) is 19.3. The first-order chi connectivity index (χ1) is 12.2. The minimum absolute atomic E-state index is 0.286. The molecule has 1 aliphatic rings. The highest BCUT2D eigenvalue weighted by atomic mass is 35.5. The minimum Gasteiger partial charge on any atom is -0.495 e. The lowest BCUT2D eigenvalue weighted by Gasteiger charge is -2.29. The molecule has 0 saturated heterocycles. The molecule has 1 N–H and O–H groups in total. The molecule has 1 atom stereocenters. The molecule has 0 aromatic heterocycles. The number of carbonyl (C=O) groups excluding carboxylic acids is 1. The lowest BCUT2D eigenvalue weighted by atomic mass is 9.89. The van der Waals surface area contributed by atoms with Gasteiger partial charge in [0, 0.05) is 6.54 Å². The third-order valence-corrected chi connectivity index (χ3v) is 6.31. The van der Waals surface area contributed by atoms with Crippen molar-refractivity contribution in [2.45, 2.75) is 45.1 Å². The molecular formula is C18H27ClN2O4S. The molecule has 1 aromatic carbocycles. The van der Waals surface area contributed by atoms with Crippen LogP contribution in [0.3, 0.4) is 0 Å². The second kappa shape index (κ2) is 8.95. The van der Waals surface area contributed by atoms with E-state index in [0.29, 0.717) is 23.9 Å². The molecule has 0 spiro atoms. The Morgan fingerprint density at radius 1 is 1.35 bits per heavy atom. The largest absolute Gasteiger partial charge is 0.495 e. The fourth-order valence-corrected chi connectivity index (χ4v) is 4.80. The maximum Gasteiger partial charge on any atom is 0.243 e. The fraction of sp³-hybridized carbons (Fsp3) is 0.611.